The standard InChI is InChI=1S/C22H25ClN4O2S/c1-5-27-19(12-29-17-9-10-18(23)16(4)11-17)25-26-22(27)30-13-20(28)24-21-14(2)7-6-8-15(21)3/h6-11H,5,12-13H2,1-4H3,(H,24,28). The summed E-state index contributed by atoms with van der Waals surface area (Å²) < 4.78 is 7.80. The molecule has 6 nitrogen and oxygen atoms in total. The molecule has 8 heteroatoms. The molecule has 0 atom stereocenters. The first-order chi connectivity index (χ1) is 14.4. The Morgan fingerprint density at radius 3 is 2.53 bits per heavy atom. The van der Waals surface area contributed by atoms with Gasteiger partial charge in [0.1, 0.15) is 12.4 Å². The Labute approximate surface area is 186 Å². The molecule has 3 rings (SSSR count). The van der Waals surface area contributed by atoms with Gasteiger partial charge in [-0.3, -0.25) is 4.79 Å². The van der Waals surface area contributed by atoms with E-state index in [1.807, 2.05) is 68.7 Å². The lowest BCUT2D eigenvalue weighted by Gasteiger charge is -2.12. The predicted molar refractivity (Wildman–Crippen MR) is 121 cm³/mol. The number of nitrogens with zero attached hydrogens (tertiary/aromatic N) is 3. The van der Waals surface area contributed by atoms with Gasteiger partial charge in [-0.1, -0.05) is 41.6 Å². The first-order valence-corrected chi connectivity index (χ1v) is 11.0. The normalized spacial score (nSPS) is 10.8. The number of amides is 1. The van der Waals surface area contributed by atoms with Crippen molar-refractivity contribution in [3.8, 4) is 5.75 Å². The van der Waals surface area contributed by atoms with Crippen LogP contribution in [0.4, 0.5) is 5.69 Å². The maximum Gasteiger partial charge on any atom is 0.234 e. The smallest absolute Gasteiger partial charge is 0.234 e. The summed E-state index contributed by atoms with van der Waals surface area (Å²) in [5.41, 5.74) is 3.91. The molecule has 30 heavy (non-hydrogen) atoms. The van der Waals surface area contributed by atoms with Crippen molar-refractivity contribution >= 4 is 35.0 Å². The molecule has 1 aromatic heterocycles. The number of nitrogens with one attached hydrogen (secondary N) is 1. The third kappa shape index (κ3) is 5.34. The Morgan fingerprint density at radius 2 is 1.87 bits per heavy atom. The number of benzene rings is 2. The summed E-state index contributed by atoms with van der Waals surface area (Å²) >= 11 is 7.42. The predicted octanol–water partition coefficient (Wildman–Crippen LogP) is 5.19. The summed E-state index contributed by atoms with van der Waals surface area (Å²) in [5, 5.41) is 12.9. The Morgan fingerprint density at radius 1 is 1.13 bits per heavy atom. The number of carbonyl (C=O) groups is 1. The Balaban J connectivity index is 1.61. The lowest BCUT2D eigenvalue weighted by molar-refractivity contribution is -0.113. The van der Waals surface area contributed by atoms with E-state index in [1.54, 1.807) is 0 Å². The van der Waals surface area contributed by atoms with Crippen molar-refractivity contribution in [2.75, 3.05) is 11.1 Å². The summed E-state index contributed by atoms with van der Waals surface area (Å²) in [6.45, 7) is 8.89. The van der Waals surface area contributed by atoms with Crippen LogP contribution >= 0.6 is 23.4 Å². The molecule has 1 amide bonds. The molecule has 0 aliphatic carbocycles. The van der Waals surface area contributed by atoms with Crippen molar-refractivity contribution in [3.05, 3.63) is 63.9 Å². The van der Waals surface area contributed by atoms with Crippen molar-refractivity contribution in [1.82, 2.24) is 14.8 Å². The van der Waals surface area contributed by atoms with E-state index in [0.717, 1.165) is 28.1 Å². The zero-order valence-electron chi connectivity index (χ0n) is 17.5. The lowest BCUT2D eigenvalue weighted by atomic mass is 10.1. The third-order valence-electron chi connectivity index (χ3n) is 4.68. The molecule has 0 saturated heterocycles. The number of hydrogen-bond donors (Lipinski definition) is 1. The van der Waals surface area contributed by atoms with E-state index in [9.17, 15) is 4.79 Å². The van der Waals surface area contributed by atoms with Gasteiger partial charge in [0.25, 0.3) is 0 Å². The summed E-state index contributed by atoms with van der Waals surface area (Å²) in [6.07, 6.45) is 0. The van der Waals surface area contributed by atoms with Crippen LogP contribution in [0, 0.1) is 20.8 Å². The fourth-order valence-electron chi connectivity index (χ4n) is 3.02. The van der Waals surface area contributed by atoms with Crippen LogP contribution in [-0.2, 0) is 17.9 Å². The average molecular weight is 445 g/mol. The molecule has 0 bridgehead atoms. The molecule has 0 saturated carbocycles. The lowest BCUT2D eigenvalue weighted by Crippen LogP contribution is -2.16. The maximum absolute atomic E-state index is 12.4. The summed E-state index contributed by atoms with van der Waals surface area (Å²) in [6, 6.07) is 11.5. The first kappa shape index (κ1) is 22.2. The highest BCUT2D eigenvalue weighted by molar-refractivity contribution is 7.99. The molecule has 0 unspecified atom stereocenters. The number of carbonyl (C=O) groups excluding carboxylic acids is 1. The van der Waals surface area contributed by atoms with Gasteiger partial charge in [-0.15, -0.1) is 10.2 Å². The number of aryl methyl sites for hydroxylation is 3. The van der Waals surface area contributed by atoms with Gasteiger partial charge in [0, 0.05) is 17.3 Å². The number of halogens is 1. The quantitative estimate of drug-likeness (QED) is 0.484. The van der Waals surface area contributed by atoms with Gasteiger partial charge in [0.15, 0.2) is 11.0 Å². The number of para-hydroxylation sites is 1. The second-order valence-electron chi connectivity index (χ2n) is 6.95. The van der Waals surface area contributed by atoms with Crippen LogP contribution in [-0.4, -0.2) is 26.4 Å². The van der Waals surface area contributed by atoms with Crippen LogP contribution in [0.3, 0.4) is 0 Å². The third-order valence-corrected chi connectivity index (χ3v) is 6.08. The van der Waals surface area contributed by atoms with Gasteiger partial charge < -0.3 is 14.6 Å². The molecule has 0 aliphatic heterocycles. The first-order valence-electron chi connectivity index (χ1n) is 9.69. The van der Waals surface area contributed by atoms with Gasteiger partial charge in [-0.2, -0.15) is 0 Å². The van der Waals surface area contributed by atoms with Crippen LogP contribution in [0.15, 0.2) is 41.6 Å². The maximum atomic E-state index is 12.4. The van der Waals surface area contributed by atoms with Crippen molar-refractivity contribution in [3.63, 3.8) is 0 Å². The zero-order chi connectivity index (χ0) is 21.7. The van der Waals surface area contributed by atoms with E-state index in [1.165, 1.54) is 11.8 Å². The van der Waals surface area contributed by atoms with Gasteiger partial charge in [0.2, 0.25) is 5.91 Å². The Bertz CT molecular complexity index is 1030. The van der Waals surface area contributed by atoms with Crippen LogP contribution in [0.5, 0.6) is 5.75 Å². The number of hydrogen-bond acceptors (Lipinski definition) is 5. The molecule has 0 spiro atoms. The van der Waals surface area contributed by atoms with Crippen molar-refractivity contribution in [1.29, 1.82) is 0 Å². The van der Waals surface area contributed by atoms with E-state index in [-0.39, 0.29) is 18.3 Å². The molecule has 0 fully saturated rings. The van der Waals surface area contributed by atoms with E-state index in [4.69, 9.17) is 16.3 Å². The minimum Gasteiger partial charge on any atom is -0.486 e. The second kappa shape index (κ2) is 10.00. The SMILES string of the molecule is CCn1c(COc2ccc(Cl)c(C)c2)nnc1SCC(=O)Nc1c(C)cccc1C. The zero-order valence-corrected chi connectivity index (χ0v) is 19.1. The number of thioether (sulfide) groups is 1. The summed E-state index contributed by atoms with van der Waals surface area (Å²) in [4.78, 5) is 12.4. The van der Waals surface area contributed by atoms with Crippen LogP contribution < -0.4 is 10.1 Å². The second-order valence-corrected chi connectivity index (χ2v) is 8.30. The van der Waals surface area contributed by atoms with Gasteiger partial charge in [-0.25, -0.2) is 0 Å². The highest BCUT2D eigenvalue weighted by Gasteiger charge is 2.15. The molecule has 3 aromatic rings. The molecule has 158 valence electrons. The number of aromatic nitrogens is 3. The molecule has 0 radical (unpaired) electrons. The van der Waals surface area contributed by atoms with Crippen molar-refractivity contribution in [2.45, 2.75) is 46.0 Å². The molecule has 1 heterocycles. The topological polar surface area (TPSA) is 69.0 Å². The van der Waals surface area contributed by atoms with E-state index >= 15 is 0 Å². The Hall–Kier alpha value is -2.51. The molecule has 0 aliphatic rings. The fourth-order valence-corrected chi connectivity index (χ4v) is 3.96. The van der Waals surface area contributed by atoms with Crippen molar-refractivity contribution in [2.24, 2.45) is 0 Å². The monoisotopic (exact) mass is 444 g/mol. The minimum atomic E-state index is -0.0718. The van der Waals surface area contributed by atoms with Crippen LogP contribution in [0.2, 0.25) is 5.02 Å². The highest BCUT2D eigenvalue weighted by Crippen LogP contribution is 2.24. The average Bonchev–Trinajstić information content (AvgIpc) is 3.12. The van der Waals surface area contributed by atoms with Crippen molar-refractivity contribution < 1.29 is 9.53 Å². The molecule has 2 aromatic carbocycles. The van der Waals surface area contributed by atoms with Crippen LogP contribution in [0.1, 0.15) is 29.4 Å². The van der Waals surface area contributed by atoms with E-state index in [0.29, 0.717) is 22.5 Å². The number of ether oxygens (including phenoxy) is 1. The molecule has 1 N–H and O–H groups in total. The number of rotatable bonds is 8. The highest BCUT2D eigenvalue weighted by atomic mass is 35.5. The van der Waals surface area contributed by atoms with Gasteiger partial charge >= 0.3 is 0 Å². The summed E-state index contributed by atoms with van der Waals surface area (Å²) in [5.74, 6) is 1.62. The minimum absolute atomic E-state index is 0.0718. The molecular weight excluding hydrogens is 420 g/mol. The largest absolute Gasteiger partial charge is 0.486 e. The molecular formula is C22H25ClN4O2S. The fraction of sp³-hybridized carbons (Fsp3) is 0.318. The Kier molecular flexibility index (Phi) is 7.39. The summed E-state index contributed by atoms with van der Waals surface area (Å²) in [7, 11) is 0. The van der Waals surface area contributed by atoms with Gasteiger partial charge in [-0.05, 0) is 62.6 Å². The van der Waals surface area contributed by atoms with E-state index < -0.39 is 0 Å². The van der Waals surface area contributed by atoms with Gasteiger partial charge in [0.05, 0.1) is 5.75 Å². The van der Waals surface area contributed by atoms with Crippen LogP contribution in [0.25, 0.3) is 0 Å². The number of anilines is 1. The van der Waals surface area contributed by atoms with E-state index in [2.05, 4.69) is 15.5 Å².